The summed E-state index contributed by atoms with van der Waals surface area (Å²) in [5, 5.41) is 4.39. The maximum Gasteiger partial charge on any atom is 0.274 e. The monoisotopic (exact) mass is 364 g/mol. The van der Waals surface area contributed by atoms with Crippen LogP contribution in [0.5, 0.6) is 11.5 Å². The highest BCUT2D eigenvalue weighted by Gasteiger charge is 2.24. The number of fused-ring (bicyclic) bond motifs is 2. The van der Waals surface area contributed by atoms with Crippen molar-refractivity contribution < 1.29 is 14.3 Å². The number of benzene rings is 1. The van der Waals surface area contributed by atoms with E-state index in [0.29, 0.717) is 25.6 Å². The first-order valence-corrected chi connectivity index (χ1v) is 9.11. The van der Waals surface area contributed by atoms with Crippen molar-refractivity contribution in [2.75, 3.05) is 33.0 Å². The van der Waals surface area contributed by atoms with Crippen molar-refractivity contribution in [1.82, 2.24) is 19.4 Å². The summed E-state index contributed by atoms with van der Waals surface area (Å²) in [6.07, 6.45) is 1.86. The van der Waals surface area contributed by atoms with Crippen molar-refractivity contribution >= 4 is 11.4 Å². The first kappa shape index (κ1) is 16.1. The van der Waals surface area contributed by atoms with Crippen molar-refractivity contribution in [3.8, 4) is 11.5 Å². The number of carbonyl (C=O) groups is 1. The molecule has 4 heterocycles. The molecule has 7 nitrogen and oxygen atoms in total. The lowest BCUT2D eigenvalue weighted by molar-refractivity contribution is 0.0622. The largest absolute Gasteiger partial charge is 0.454 e. The summed E-state index contributed by atoms with van der Waals surface area (Å²) in [4.78, 5) is 17.0. The molecule has 0 aliphatic carbocycles. The molecular weight excluding hydrogens is 344 g/mol. The molecule has 1 aromatic carbocycles. The topological polar surface area (TPSA) is 59.3 Å². The summed E-state index contributed by atoms with van der Waals surface area (Å²) in [6, 6.07) is 13.7. The average Bonchev–Trinajstić information content (AvgIpc) is 3.34. The summed E-state index contributed by atoms with van der Waals surface area (Å²) in [7, 11) is 0. The Morgan fingerprint density at radius 2 is 1.85 bits per heavy atom. The second-order valence-electron chi connectivity index (χ2n) is 6.86. The Labute approximate surface area is 156 Å². The predicted octanol–water partition coefficient (Wildman–Crippen LogP) is 2.02. The van der Waals surface area contributed by atoms with Gasteiger partial charge in [-0.25, -0.2) is 4.52 Å². The third-order valence-corrected chi connectivity index (χ3v) is 5.09. The van der Waals surface area contributed by atoms with Crippen molar-refractivity contribution in [3.05, 3.63) is 59.9 Å². The maximum absolute atomic E-state index is 12.8. The first-order chi connectivity index (χ1) is 13.3. The number of nitrogens with zero attached hydrogens (tertiary/aromatic N) is 4. The van der Waals surface area contributed by atoms with Crippen molar-refractivity contribution in [2.24, 2.45) is 0 Å². The fourth-order valence-electron chi connectivity index (χ4n) is 3.61. The van der Waals surface area contributed by atoms with Crippen LogP contribution in [-0.2, 0) is 6.54 Å². The van der Waals surface area contributed by atoms with Gasteiger partial charge in [-0.3, -0.25) is 9.69 Å². The lowest BCUT2D eigenvalue weighted by Gasteiger charge is -2.34. The van der Waals surface area contributed by atoms with Crippen LogP contribution in [0.25, 0.3) is 5.52 Å². The van der Waals surface area contributed by atoms with Gasteiger partial charge in [0.25, 0.3) is 5.91 Å². The molecule has 1 fully saturated rings. The van der Waals surface area contributed by atoms with Gasteiger partial charge in [0, 0.05) is 38.9 Å². The second-order valence-corrected chi connectivity index (χ2v) is 6.86. The third-order valence-electron chi connectivity index (χ3n) is 5.09. The van der Waals surface area contributed by atoms with Crippen LogP contribution in [-0.4, -0.2) is 58.3 Å². The molecule has 0 unspecified atom stereocenters. The van der Waals surface area contributed by atoms with E-state index in [4.69, 9.17) is 9.47 Å². The third kappa shape index (κ3) is 3.10. The lowest BCUT2D eigenvalue weighted by atomic mass is 10.1. The van der Waals surface area contributed by atoms with Gasteiger partial charge in [0.15, 0.2) is 17.2 Å². The van der Waals surface area contributed by atoms with E-state index >= 15 is 0 Å². The predicted molar refractivity (Wildman–Crippen MR) is 98.9 cm³/mol. The highest BCUT2D eigenvalue weighted by Crippen LogP contribution is 2.32. The summed E-state index contributed by atoms with van der Waals surface area (Å²) in [5.41, 5.74) is 2.63. The van der Waals surface area contributed by atoms with Gasteiger partial charge < -0.3 is 14.4 Å². The SMILES string of the molecule is O=C(c1cc2ccccn2n1)N1CCN(Cc2ccc3c(c2)OCO3)CC1. The first-order valence-electron chi connectivity index (χ1n) is 9.11. The number of piperazine rings is 1. The molecule has 27 heavy (non-hydrogen) atoms. The number of hydrogen-bond donors (Lipinski definition) is 0. The number of hydrogen-bond acceptors (Lipinski definition) is 5. The number of carbonyl (C=O) groups excluding carboxylic acids is 1. The lowest BCUT2D eigenvalue weighted by Crippen LogP contribution is -2.48. The Kier molecular flexibility index (Phi) is 3.94. The van der Waals surface area contributed by atoms with Gasteiger partial charge in [-0.1, -0.05) is 12.1 Å². The molecule has 2 aliphatic heterocycles. The van der Waals surface area contributed by atoms with Gasteiger partial charge in [0.2, 0.25) is 6.79 Å². The van der Waals surface area contributed by atoms with Crippen LogP contribution < -0.4 is 9.47 Å². The van der Waals surface area contributed by atoms with E-state index < -0.39 is 0 Å². The molecule has 0 N–H and O–H groups in total. The van der Waals surface area contributed by atoms with Crippen LogP contribution in [0.2, 0.25) is 0 Å². The van der Waals surface area contributed by atoms with Gasteiger partial charge in [-0.15, -0.1) is 0 Å². The molecule has 0 bridgehead atoms. The number of aromatic nitrogens is 2. The molecule has 0 spiro atoms. The molecule has 7 heteroatoms. The fourth-order valence-corrected chi connectivity index (χ4v) is 3.61. The van der Waals surface area contributed by atoms with Gasteiger partial charge in [-0.2, -0.15) is 5.10 Å². The molecule has 0 radical (unpaired) electrons. The second kappa shape index (κ2) is 6.59. The molecule has 2 aliphatic rings. The molecule has 5 rings (SSSR count). The molecule has 1 amide bonds. The summed E-state index contributed by atoms with van der Waals surface area (Å²) in [6.45, 7) is 4.23. The Morgan fingerprint density at radius 3 is 2.70 bits per heavy atom. The highest BCUT2D eigenvalue weighted by atomic mass is 16.7. The Bertz CT molecular complexity index is 959. The standard InChI is InChI=1S/C20H20N4O3/c25-20(17-12-16-3-1-2-6-24(16)21-17)23-9-7-22(8-10-23)13-15-4-5-18-19(11-15)27-14-26-18/h1-6,11-12H,7-10,13-14H2. The quantitative estimate of drug-likeness (QED) is 0.712. The van der Waals surface area contributed by atoms with E-state index in [1.165, 1.54) is 5.56 Å². The highest BCUT2D eigenvalue weighted by molar-refractivity contribution is 5.93. The number of pyridine rings is 1. The molecular formula is C20H20N4O3. The van der Waals surface area contributed by atoms with Crippen molar-refractivity contribution in [3.63, 3.8) is 0 Å². The Hall–Kier alpha value is -3.06. The molecule has 138 valence electrons. The summed E-state index contributed by atoms with van der Waals surface area (Å²) < 4.78 is 12.5. The smallest absolute Gasteiger partial charge is 0.274 e. The zero-order chi connectivity index (χ0) is 18.2. The molecule has 0 atom stereocenters. The molecule has 2 aromatic heterocycles. The Morgan fingerprint density at radius 1 is 1.00 bits per heavy atom. The minimum Gasteiger partial charge on any atom is -0.454 e. The summed E-state index contributed by atoms with van der Waals surface area (Å²) in [5.74, 6) is 1.62. The summed E-state index contributed by atoms with van der Waals surface area (Å²) >= 11 is 0. The van der Waals surface area contributed by atoms with E-state index in [9.17, 15) is 4.79 Å². The zero-order valence-electron chi connectivity index (χ0n) is 14.9. The molecule has 1 saturated heterocycles. The van der Waals surface area contributed by atoms with Crippen LogP contribution in [0.15, 0.2) is 48.7 Å². The maximum atomic E-state index is 12.8. The van der Waals surface area contributed by atoms with E-state index in [1.54, 1.807) is 4.52 Å². The zero-order valence-corrected chi connectivity index (χ0v) is 14.9. The minimum absolute atomic E-state index is 0.00132. The van der Waals surface area contributed by atoms with Crippen LogP contribution in [0.3, 0.4) is 0 Å². The van der Waals surface area contributed by atoms with Crippen LogP contribution >= 0.6 is 0 Å². The van der Waals surface area contributed by atoms with E-state index in [2.05, 4.69) is 16.1 Å². The van der Waals surface area contributed by atoms with Crippen LogP contribution in [0.4, 0.5) is 0 Å². The van der Waals surface area contributed by atoms with Crippen LogP contribution in [0, 0.1) is 0 Å². The molecule has 3 aromatic rings. The number of ether oxygens (including phenoxy) is 2. The van der Waals surface area contributed by atoms with E-state index in [0.717, 1.165) is 36.6 Å². The number of amides is 1. The number of rotatable bonds is 3. The van der Waals surface area contributed by atoms with Gasteiger partial charge in [-0.05, 0) is 35.9 Å². The van der Waals surface area contributed by atoms with Crippen molar-refractivity contribution in [2.45, 2.75) is 6.54 Å². The van der Waals surface area contributed by atoms with Crippen LogP contribution in [0.1, 0.15) is 16.1 Å². The average molecular weight is 364 g/mol. The fraction of sp³-hybridized carbons (Fsp3) is 0.300. The van der Waals surface area contributed by atoms with Gasteiger partial charge in [0.05, 0.1) is 5.52 Å². The normalized spacial score (nSPS) is 16.8. The Balaban J connectivity index is 1.21. The van der Waals surface area contributed by atoms with E-state index in [-0.39, 0.29) is 5.91 Å². The van der Waals surface area contributed by atoms with Gasteiger partial charge in [0.1, 0.15) is 0 Å². The van der Waals surface area contributed by atoms with E-state index in [1.807, 2.05) is 47.5 Å². The van der Waals surface area contributed by atoms with Gasteiger partial charge >= 0.3 is 0 Å². The molecule has 0 saturated carbocycles. The minimum atomic E-state index is 0.00132. The van der Waals surface area contributed by atoms with Crippen molar-refractivity contribution in [1.29, 1.82) is 0 Å².